The SMILES string of the molecule is COc1ccc(/C=C/C=N\NC(=O)CSc2ccc(Cl)cc2)cc1. The molecule has 124 valence electrons. The lowest BCUT2D eigenvalue weighted by Crippen LogP contribution is -2.19. The van der Waals surface area contributed by atoms with Crippen LogP contribution in [0.3, 0.4) is 0 Å². The minimum absolute atomic E-state index is 0.163. The first-order valence-corrected chi connectivity index (χ1v) is 8.55. The van der Waals surface area contributed by atoms with E-state index in [0.29, 0.717) is 10.8 Å². The first-order chi connectivity index (χ1) is 11.7. The normalized spacial score (nSPS) is 11.1. The van der Waals surface area contributed by atoms with Gasteiger partial charge in [0.25, 0.3) is 0 Å². The van der Waals surface area contributed by atoms with Gasteiger partial charge < -0.3 is 4.74 Å². The molecule has 2 aromatic carbocycles. The van der Waals surface area contributed by atoms with E-state index in [1.54, 1.807) is 25.3 Å². The molecule has 0 aliphatic rings. The highest BCUT2D eigenvalue weighted by molar-refractivity contribution is 8.00. The van der Waals surface area contributed by atoms with Crippen LogP contribution in [-0.2, 0) is 4.79 Å². The minimum Gasteiger partial charge on any atom is -0.497 e. The second-order valence-corrected chi connectivity index (χ2v) is 6.17. The van der Waals surface area contributed by atoms with Crippen molar-refractivity contribution < 1.29 is 9.53 Å². The predicted octanol–water partition coefficient (Wildman–Crippen LogP) is 4.26. The van der Waals surface area contributed by atoms with E-state index >= 15 is 0 Å². The third kappa shape index (κ3) is 6.48. The van der Waals surface area contributed by atoms with Gasteiger partial charge in [-0.1, -0.05) is 29.8 Å². The molecule has 0 bridgehead atoms. The van der Waals surface area contributed by atoms with Crippen molar-refractivity contribution in [2.45, 2.75) is 4.90 Å². The summed E-state index contributed by atoms with van der Waals surface area (Å²) >= 11 is 7.24. The van der Waals surface area contributed by atoms with Crippen LogP contribution >= 0.6 is 23.4 Å². The molecule has 0 radical (unpaired) electrons. The Morgan fingerprint density at radius 2 is 1.92 bits per heavy atom. The minimum atomic E-state index is -0.163. The Labute approximate surface area is 150 Å². The molecule has 6 heteroatoms. The second-order valence-electron chi connectivity index (χ2n) is 4.69. The van der Waals surface area contributed by atoms with Crippen LogP contribution in [0.5, 0.6) is 5.75 Å². The van der Waals surface area contributed by atoms with Crippen LogP contribution in [0.15, 0.2) is 64.6 Å². The Morgan fingerprint density at radius 1 is 1.21 bits per heavy atom. The zero-order chi connectivity index (χ0) is 17.2. The Bertz CT molecular complexity index is 713. The molecule has 0 heterocycles. The van der Waals surface area contributed by atoms with Gasteiger partial charge in [-0.3, -0.25) is 4.79 Å². The van der Waals surface area contributed by atoms with Crippen LogP contribution in [0, 0.1) is 0 Å². The van der Waals surface area contributed by atoms with E-state index in [4.69, 9.17) is 16.3 Å². The summed E-state index contributed by atoms with van der Waals surface area (Å²) in [7, 11) is 1.63. The molecule has 0 aliphatic carbocycles. The smallest absolute Gasteiger partial charge is 0.250 e. The molecule has 0 aromatic heterocycles. The van der Waals surface area contributed by atoms with E-state index in [9.17, 15) is 4.79 Å². The van der Waals surface area contributed by atoms with Crippen LogP contribution in [0.2, 0.25) is 5.02 Å². The summed E-state index contributed by atoms with van der Waals surface area (Å²) in [6.45, 7) is 0. The number of allylic oxidation sites excluding steroid dienone is 1. The van der Waals surface area contributed by atoms with Gasteiger partial charge in [0, 0.05) is 16.1 Å². The average molecular weight is 361 g/mol. The number of nitrogens with zero attached hydrogens (tertiary/aromatic N) is 1. The van der Waals surface area contributed by atoms with Gasteiger partial charge in [0.05, 0.1) is 12.9 Å². The number of nitrogens with one attached hydrogen (secondary N) is 1. The molecule has 24 heavy (non-hydrogen) atoms. The number of methoxy groups -OCH3 is 1. The van der Waals surface area contributed by atoms with Gasteiger partial charge in [-0.05, 0) is 48.0 Å². The molecule has 0 fully saturated rings. The first kappa shape index (κ1) is 18.1. The number of benzene rings is 2. The quantitative estimate of drug-likeness (QED) is 0.456. The highest BCUT2D eigenvalue weighted by atomic mass is 35.5. The van der Waals surface area contributed by atoms with Crippen molar-refractivity contribution in [2.24, 2.45) is 5.10 Å². The molecule has 1 N–H and O–H groups in total. The lowest BCUT2D eigenvalue weighted by atomic mass is 10.2. The topological polar surface area (TPSA) is 50.7 Å². The van der Waals surface area contributed by atoms with Gasteiger partial charge in [-0.15, -0.1) is 11.8 Å². The number of ether oxygens (including phenoxy) is 1. The molecular formula is C18H17ClN2O2S. The summed E-state index contributed by atoms with van der Waals surface area (Å²) in [6, 6.07) is 15.0. The van der Waals surface area contributed by atoms with Crippen molar-refractivity contribution in [1.82, 2.24) is 5.43 Å². The monoisotopic (exact) mass is 360 g/mol. The number of carbonyl (C=O) groups is 1. The van der Waals surface area contributed by atoms with Gasteiger partial charge in [-0.25, -0.2) is 5.43 Å². The highest BCUT2D eigenvalue weighted by Crippen LogP contribution is 2.19. The van der Waals surface area contributed by atoms with Crippen molar-refractivity contribution in [2.75, 3.05) is 12.9 Å². The van der Waals surface area contributed by atoms with Crippen molar-refractivity contribution >= 4 is 41.6 Å². The summed E-state index contributed by atoms with van der Waals surface area (Å²) in [4.78, 5) is 12.7. The summed E-state index contributed by atoms with van der Waals surface area (Å²) in [6.07, 6.45) is 5.18. The highest BCUT2D eigenvalue weighted by Gasteiger charge is 2.01. The molecule has 0 aliphatic heterocycles. The number of hydrogen-bond acceptors (Lipinski definition) is 4. The van der Waals surface area contributed by atoms with Crippen LogP contribution in [0.1, 0.15) is 5.56 Å². The summed E-state index contributed by atoms with van der Waals surface area (Å²) in [5, 5.41) is 4.55. The first-order valence-electron chi connectivity index (χ1n) is 7.18. The van der Waals surface area contributed by atoms with Gasteiger partial charge in [0.15, 0.2) is 0 Å². The van der Waals surface area contributed by atoms with Gasteiger partial charge in [0.1, 0.15) is 5.75 Å². The molecular weight excluding hydrogens is 344 g/mol. The number of hydrogen-bond donors (Lipinski definition) is 1. The maximum atomic E-state index is 11.7. The standard InChI is InChI=1S/C18H17ClN2O2S/c1-23-16-8-4-14(5-9-16)3-2-12-20-21-18(22)13-24-17-10-6-15(19)7-11-17/h2-12H,13H2,1H3,(H,21,22)/b3-2+,20-12-. The maximum absolute atomic E-state index is 11.7. The third-order valence-electron chi connectivity index (χ3n) is 2.94. The Morgan fingerprint density at radius 3 is 2.58 bits per heavy atom. The predicted molar refractivity (Wildman–Crippen MR) is 101 cm³/mol. The fourth-order valence-electron chi connectivity index (χ4n) is 1.73. The fraction of sp³-hybridized carbons (Fsp3) is 0.111. The van der Waals surface area contributed by atoms with E-state index in [2.05, 4.69) is 10.5 Å². The summed E-state index contributed by atoms with van der Waals surface area (Å²) in [5.41, 5.74) is 3.50. The van der Waals surface area contributed by atoms with Gasteiger partial charge in [0.2, 0.25) is 5.91 Å². The molecule has 0 saturated heterocycles. The number of thioether (sulfide) groups is 1. The van der Waals surface area contributed by atoms with E-state index in [0.717, 1.165) is 16.2 Å². The van der Waals surface area contributed by atoms with Gasteiger partial charge >= 0.3 is 0 Å². The molecule has 0 unspecified atom stereocenters. The lowest BCUT2D eigenvalue weighted by Gasteiger charge is -2.00. The molecule has 0 spiro atoms. The van der Waals surface area contributed by atoms with Gasteiger partial charge in [-0.2, -0.15) is 5.10 Å². The average Bonchev–Trinajstić information content (AvgIpc) is 2.61. The summed E-state index contributed by atoms with van der Waals surface area (Å²) < 4.78 is 5.09. The van der Waals surface area contributed by atoms with E-state index in [1.807, 2.05) is 42.5 Å². The van der Waals surface area contributed by atoms with Crippen molar-refractivity contribution in [3.05, 3.63) is 65.2 Å². The molecule has 0 saturated carbocycles. The number of rotatable bonds is 7. The van der Waals surface area contributed by atoms with Crippen molar-refractivity contribution in [1.29, 1.82) is 0 Å². The largest absolute Gasteiger partial charge is 0.497 e. The number of hydrazone groups is 1. The third-order valence-corrected chi connectivity index (χ3v) is 4.20. The zero-order valence-corrected chi connectivity index (χ0v) is 14.7. The van der Waals surface area contributed by atoms with Crippen molar-refractivity contribution in [3.63, 3.8) is 0 Å². The zero-order valence-electron chi connectivity index (χ0n) is 13.1. The van der Waals surface area contributed by atoms with E-state index in [1.165, 1.54) is 18.0 Å². The summed E-state index contributed by atoms with van der Waals surface area (Å²) in [5.74, 6) is 0.941. The molecule has 0 atom stereocenters. The fourth-order valence-corrected chi connectivity index (χ4v) is 2.55. The number of halogens is 1. The number of carbonyl (C=O) groups excluding carboxylic acids is 1. The van der Waals surface area contributed by atoms with E-state index < -0.39 is 0 Å². The Hall–Kier alpha value is -2.24. The molecule has 4 nitrogen and oxygen atoms in total. The molecule has 2 rings (SSSR count). The Balaban J connectivity index is 1.71. The van der Waals surface area contributed by atoms with Crippen LogP contribution in [0.25, 0.3) is 6.08 Å². The van der Waals surface area contributed by atoms with Crippen LogP contribution < -0.4 is 10.2 Å². The van der Waals surface area contributed by atoms with Crippen LogP contribution in [0.4, 0.5) is 0 Å². The Kier molecular flexibility index (Phi) is 7.39. The van der Waals surface area contributed by atoms with Crippen LogP contribution in [-0.4, -0.2) is 25.0 Å². The second kappa shape index (κ2) is 9.80. The van der Waals surface area contributed by atoms with Crippen molar-refractivity contribution in [3.8, 4) is 5.75 Å². The number of amides is 1. The lowest BCUT2D eigenvalue weighted by molar-refractivity contribution is -0.118. The molecule has 1 amide bonds. The molecule has 2 aromatic rings. The van der Waals surface area contributed by atoms with E-state index in [-0.39, 0.29) is 5.91 Å². The maximum Gasteiger partial charge on any atom is 0.250 e.